The highest BCUT2D eigenvalue weighted by Crippen LogP contribution is 2.24. The standard InChI is InChI=1S/C11H13N3O/c1-11(2,3)10-6-8(4-5-12-10)9-7-15-14-13-9/h4-7H,1-3H3. The lowest BCUT2D eigenvalue weighted by atomic mass is 9.90. The Morgan fingerprint density at radius 1 is 1.27 bits per heavy atom. The highest BCUT2D eigenvalue weighted by molar-refractivity contribution is 5.57. The van der Waals surface area contributed by atoms with Gasteiger partial charge in [0.1, 0.15) is 5.69 Å². The molecule has 2 heterocycles. The van der Waals surface area contributed by atoms with Gasteiger partial charge in [-0.15, -0.1) is 5.10 Å². The van der Waals surface area contributed by atoms with Gasteiger partial charge in [-0.1, -0.05) is 20.8 Å². The Balaban J connectivity index is 2.44. The van der Waals surface area contributed by atoms with Crippen molar-refractivity contribution < 1.29 is 4.52 Å². The van der Waals surface area contributed by atoms with Crippen molar-refractivity contribution in [3.63, 3.8) is 0 Å². The summed E-state index contributed by atoms with van der Waals surface area (Å²) >= 11 is 0. The maximum atomic E-state index is 4.71. The molecule has 2 aromatic rings. The zero-order chi connectivity index (χ0) is 10.9. The van der Waals surface area contributed by atoms with E-state index in [2.05, 4.69) is 36.1 Å². The molecule has 0 aliphatic rings. The first-order valence-corrected chi connectivity index (χ1v) is 4.81. The maximum Gasteiger partial charge on any atom is 0.152 e. The zero-order valence-corrected chi connectivity index (χ0v) is 9.06. The van der Waals surface area contributed by atoms with E-state index >= 15 is 0 Å². The molecule has 0 spiro atoms. The lowest BCUT2D eigenvalue weighted by molar-refractivity contribution is 0.393. The molecule has 4 heteroatoms. The van der Waals surface area contributed by atoms with E-state index in [0.717, 1.165) is 17.0 Å². The van der Waals surface area contributed by atoms with Gasteiger partial charge in [-0.25, -0.2) is 0 Å². The van der Waals surface area contributed by atoms with E-state index in [1.54, 1.807) is 6.20 Å². The largest absolute Gasteiger partial charge is 0.345 e. The smallest absolute Gasteiger partial charge is 0.152 e. The van der Waals surface area contributed by atoms with Gasteiger partial charge in [0.2, 0.25) is 0 Å². The molecular weight excluding hydrogens is 190 g/mol. The van der Waals surface area contributed by atoms with Crippen molar-refractivity contribution in [1.29, 1.82) is 0 Å². The minimum atomic E-state index is 0.0349. The van der Waals surface area contributed by atoms with Gasteiger partial charge in [0, 0.05) is 28.1 Å². The number of hydrogen-bond acceptors (Lipinski definition) is 4. The van der Waals surface area contributed by atoms with Crippen LogP contribution in [0, 0.1) is 0 Å². The fourth-order valence-corrected chi connectivity index (χ4v) is 1.29. The molecule has 0 N–H and O–H groups in total. The minimum absolute atomic E-state index is 0.0349. The summed E-state index contributed by atoms with van der Waals surface area (Å²) in [4.78, 5) is 4.34. The molecule has 0 unspecified atom stereocenters. The molecule has 0 saturated carbocycles. The molecule has 0 fully saturated rings. The Kier molecular flexibility index (Phi) is 2.26. The van der Waals surface area contributed by atoms with Crippen molar-refractivity contribution >= 4 is 0 Å². The van der Waals surface area contributed by atoms with E-state index in [9.17, 15) is 0 Å². The first-order chi connectivity index (χ1) is 7.07. The second-order valence-electron chi connectivity index (χ2n) is 4.47. The van der Waals surface area contributed by atoms with Crippen LogP contribution in [0.15, 0.2) is 29.1 Å². The molecule has 0 atom stereocenters. The SMILES string of the molecule is CC(C)(C)c1cc(-c2conn2)ccn1. The number of rotatable bonds is 1. The van der Waals surface area contributed by atoms with Crippen molar-refractivity contribution in [2.45, 2.75) is 26.2 Å². The van der Waals surface area contributed by atoms with E-state index in [1.807, 2.05) is 12.1 Å². The fraction of sp³-hybridized carbons (Fsp3) is 0.364. The molecule has 15 heavy (non-hydrogen) atoms. The Morgan fingerprint density at radius 3 is 2.67 bits per heavy atom. The van der Waals surface area contributed by atoms with E-state index in [0.29, 0.717) is 0 Å². The molecule has 0 saturated heterocycles. The van der Waals surface area contributed by atoms with Crippen molar-refractivity contribution in [3.05, 3.63) is 30.3 Å². The van der Waals surface area contributed by atoms with Gasteiger partial charge in [0.05, 0.1) is 0 Å². The number of pyridine rings is 1. The van der Waals surface area contributed by atoms with Gasteiger partial charge in [0.15, 0.2) is 6.26 Å². The fourth-order valence-electron chi connectivity index (χ4n) is 1.29. The normalized spacial score (nSPS) is 11.7. The first kappa shape index (κ1) is 9.83. The number of hydrogen-bond donors (Lipinski definition) is 0. The average molecular weight is 203 g/mol. The van der Waals surface area contributed by atoms with Gasteiger partial charge in [0.25, 0.3) is 0 Å². The number of nitrogens with zero attached hydrogens (tertiary/aromatic N) is 3. The monoisotopic (exact) mass is 203 g/mol. The van der Waals surface area contributed by atoms with E-state index in [-0.39, 0.29) is 5.41 Å². The quantitative estimate of drug-likeness (QED) is 0.714. The summed E-state index contributed by atoms with van der Waals surface area (Å²) in [5.74, 6) is 0. The third-order valence-corrected chi connectivity index (χ3v) is 2.18. The molecule has 0 aromatic carbocycles. The van der Waals surface area contributed by atoms with Gasteiger partial charge in [-0.05, 0) is 12.1 Å². The summed E-state index contributed by atoms with van der Waals surface area (Å²) in [5, 5.41) is 7.31. The summed E-state index contributed by atoms with van der Waals surface area (Å²) in [5.41, 5.74) is 2.79. The zero-order valence-electron chi connectivity index (χ0n) is 9.06. The average Bonchev–Trinajstić information content (AvgIpc) is 2.69. The second kappa shape index (κ2) is 3.46. The van der Waals surface area contributed by atoms with Crippen LogP contribution in [0.4, 0.5) is 0 Å². The van der Waals surface area contributed by atoms with Gasteiger partial charge >= 0.3 is 0 Å². The summed E-state index contributed by atoms with van der Waals surface area (Å²) in [6.45, 7) is 6.38. The van der Waals surface area contributed by atoms with Gasteiger partial charge < -0.3 is 4.52 Å². The predicted octanol–water partition coefficient (Wildman–Crippen LogP) is 2.43. The first-order valence-electron chi connectivity index (χ1n) is 4.81. The lowest BCUT2D eigenvalue weighted by Crippen LogP contribution is -2.13. The Hall–Kier alpha value is -1.71. The highest BCUT2D eigenvalue weighted by atomic mass is 16.5. The minimum Gasteiger partial charge on any atom is -0.345 e. The van der Waals surface area contributed by atoms with Crippen LogP contribution >= 0.6 is 0 Å². The molecule has 0 bridgehead atoms. The van der Waals surface area contributed by atoms with Crippen LogP contribution in [0.5, 0.6) is 0 Å². The molecule has 0 radical (unpaired) electrons. The Labute approximate surface area is 88.3 Å². The predicted molar refractivity (Wildman–Crippen MR) is 56.2 cm³/mol. The summed E-state index contributed by atoms with van der Waals surface area (Å²) in [6, 6.07) is 3.91. The van der Waals surface area contributed by atoms with Crippen molar-refractivity contribution in [1.82, 2.24) is 15.4 Å². The van der Waals surface area contributed by atoms with E-state index in [4.69, 9.17) is 4.52 Å². The van der Waals surface area contributed by atoms with Gasteiger partial charge in [-0.3, -0.25) is 4.98 Å². The molecule has 2 rings (SSSR count). The molecule has 0 aliphatic carbocycles. The number of aromatic nitrogens is 3. The molecular formula is C11H13N3O. The molecule has 0 aliphatic heterocycles. The molecule has 78 valence electrons. The van der Waals surface area contributed by atoms with Crippen LogP contribution in [-0.2, 0) is 5.41 Å². The van der Waals surface area contributed by atoms with Crippen molar-refractivity contribution in [2.24, 2.45) is 0 Å². The molecule has 2 aromatic heterocycles. The molecule has 0 amide bonds. The van der Waals surface area contributed by atoms with Crippen LogP contribution in [0.3, 0.4) is 0 Å². The van der Waals surface area contributed by atoms with E-state index < -0.39 is 0 Å². The molecule has 4 nitrogen and oxygen atoms in total. The second-order valence-corrected chi connectivity index (χ2v) is 4.47. The third kappa shape index (κ3) is 2.03. The maximum absolute atomic E-state index is 4.71. The summed E-state index contributed by atoms with van der Waals surface area (Å²) < 4.78 is 4.71. The Bertz CT molecular complexity index is 443. The van der Waals surface area contributed by atoms with Crippen LogP contribution in [0.25, 0.3) is 11.3 Å². The highest BCUT2D eigenvalue weighted by Gasteiger charge is 2.16. The summed E-state index contributed by atoms with van der Waals surface area (Å²) in [7, 11) is 0. The Morgan fingerprint density at radius 2 is 2.07 bits per heavy atom. The van der Waals surface area contributed by atoms with Gasteiger partial charge in [-0.2, -0.15) is 0 Å². The summed E-state index contributed by atoms with van der Waals surface area (Å²) in [6.07, 6.45) is 3.31. The third-order valence-electron chi connectivity index (χ3n) is 2.18. The van der Waals surface area contributed by atoms with Crippen molar-refractivity contribution in [3.8, 4) is 11.3 Å². The van der Waals surface area contributed by atoms with Crippen LogP contribution in [-0.4, -0.2) is 15.4 Å². The van der Waals surface area contributed by atoms with E-state index in [1.165, 1.54) is 6.26 Å². The van der Waals surface area contributed by atoms with Crippen LogP contribution in [0.2, 0.25) is 0 Å². The topological polar surface area (TPSA) is 51.8 Å². The lowest BCUT2D eigenvalue weighted by Gasteiger charge is -2.17. The van der Waals surface area contributed by atoms with Crippen LogP contribution in [0.1, 0.15) is 26.5 Å². The van der Waals surface area contributed by atoms with Crippen molar-refractivity contribution in [2.75, 3.05) is 0 Å². The van der Waals surface area contributed by atoms with Crippen LogP contribution < -0.4 is 0 Å².